The Morgan fingerprint density at radius 3 is 1.97 bits per heavy atom. The minimum Gasteiger partial charge on any atom is -0.475 e. The number of aliphatic carboxylic acids is 2. The number of fused-ring (bicyclic) bond motifs is 3. The lowest BCUT2D eigenvalue weighted by Gasteiger charge is -2.05. The van der Waals surface area contributed by atoms with E-state index < -0.39 is 24.3 Å². The number of alkyl halides is 6. The van der Waals surface area contributed by atoms with Crippen LogP contribution in [0.3, 0.4) is 0 Å². The predicted molar refractivity (Wildman–Crippen MR) is 81.0 cm³/mol. The number of nitrogens with zero attached hydrogens (tertiary/aromatic N) is 4. The summed E-state index contributed by atoms with van der Waals surface area (Å²) in [6, 6.07) is 5.99. The zero-order chi connectivity index (χ0) is 22.4. The molecule has 1 aromatic carbocycles. The van der Waals surface area contributed by atoms with Crippen molar-refractivity contribution in [3.63, 3.8) is 0 Å². The van der Waals surface area contributed by atoms with E-state index in [1.54, 1.807) is 12.4 Å². The highest BCUT2D eigenvalue weighted by Crippen LogP contribution is 2.14. The Hall–Kier alpha value is -3.76. The smallest absolute Gasteiger partial charge is 0.475 e. The molecule has 3 rings (SSSR count). The summed E-state index contributed by atoms with van der Waals surface area (Å²) in [6.07, 6.45) is -6.19. The second-order valence-corrected chi connectivity index (χ2v) is 5.03. The Kier molecular flexibility index (Phi) is 7.19. The van der Waals surface area contributed by atoms with Gasteiger partial charge in [0.1, 0.15) is 0 Å². The first-order valence-electron chi connectivity index (χ1n) is 7.07. The van der Waals surface area contributed by atoms with Gasteiger partial charge in [0, 0.05) is 17.8 Å². The molecule has 0 atom stereocenters. The molecule has 0 spiro atoms. The van der Waals surface area contributed by atoms with Crippen molar-refractivity contribution in [1.29, 1.82) is 5.26 Å². The molecular weight excluding hydrogens is 414 g/mol. The minimum atomic E-state index is -5.08. The van der Waals surface area contributed by atoms with Gasteiger partial charge in [0.05, 0.1) is 28.9 Å². The SMILES string of the molecule is N#CC1=CN=c2c(ccc3c2=CN=N3)C1.O=C(O)C(F)(F)F.O=C(O)C(F)(F)F. The molecule has 0 radical (unpaired) electrons. The highest BCUT2D eigenvalue weighted by molar-refractivity contribution is 5.73. The summed E-state index contributed by atoms with van der Waals surface area (Å²) in [5, 5.41) is 32.7. The number of benzene rings is 1. The Morgan fingerprint density at radius 2 is 1.52 bits per heavy atom. The van der Waals surface area contributed by atoms with Crippen LogP contribution in [0.15, 0.2) is 39.1 Å². The first-order valence-corrected chi connectivity index (χ1v) is 7.07. The summed E-state index contributed by atoms with van der Waals surface area (Å²) in [6.45, 7) is 0. The summed E-state index contributed by atoms with van der Waals surface area (Å²) in [5.41, 5.74) is 2.61. The van der Waals surface area contributed by atoms with Gasteiger partial charge in [0.25, 0.3) is 0 Å². The molecule has 29 heavy (non-hydrogen) atoms. The van der Waals surface area contributed by atoms with Crippen molar-refractivity contribution >= 4 is 23.8 Å². The fraction of sp³-hybridized carbons (Fsp3) is 0.200. The molecular formula is C15H8F6N4O4. The third-order valence-corrected chi connectivity index (χ3v) is 2.99. The lowest BCUT2D eigenvalue weighted by Crippen LogP contribution is -2.29. The summed E-state index contributed by atoms with van der Waals surface area (Å²) in [7, 11) is 0. The van der Waals surface area contributed by atoms with Crippen LogP contribution in [0.1, 0.15) is 5.56 Å². The van der Waals surface area contributed by atoms with E-state index >= 15 is 0 Å². The van der Waals surface area contributed by atoms with Crippen LogP contribution in [0, 0.1) is 11.3 Å². The third-order valence-electron chi connectivity index (χ3n) is 2.99. The van der Waals surface area contributed by atoms with Crippen molar-refractivity contribution in [1.82, 2.24) is 0 Å². The minimum absolute atomic E-state index is 0.649. The number of nitriles is 1. The molecule has 0 saturated heterocycles. The Balaban J connectivity index is 0.000000255. The van der Waals surface area contributed by atoms with Gasteiger partial charge in [-0.2, -0.15) is 41.8 Å². The van der Waals surface area contributed by atoms with Gasteiger partial charge >= 0.3 is 24.3 Å². The Labute approximate surface area is 156 Å². The fourth-order valence-corrected chi connectivity index (χ4v) is 1.76. The molecule has 14 heteroatoms. The van der Waals surface area contributed by atoms with Gasteiger partial charge in [-0.25, -0.2) is 9.59 Å². The van der Waals surface area contributed by atoms with Crippen molar-refractivity contribution in [3.05, 3.63) is 40.0 Å². The van der Waals surface area contributed by atoms with Gasteiger partial charge < -0.3 is 10.2 Å². The molecule has 0 bridgehead atoms. The lowest BCUT2D eigenvalue weighted by molar-refractivity contribution is -0.193. The zero-order valence-corrected chi connectivity index (χ0v) is 13.8. The Morgan fingerprint density at radius 1 is 1.00 bits per heavy atom. The quantitative estimate of drug-likeness (QED) is 0.619. The lowest BCUT2D eigenvalue weighted by atomic mass is 10.0. The molecule has 2 aliphatic rings. The van der Waals surface area contributed by atoms with E-state index in [4.69, 9.17) is 25.1 Å². The highest BCUT2D eigenvalue weighted by Gasteiger charge is 2.38. The fourth-order valence-electron chi connectivity index (χ4n) is 1.76. The summed E-state index contributed by atoms with van der Waals surface area (Å²) >= 11 is 0. The first kappa shape index (κ1) is 23.3. The van der Waals surface area contributed by atoms with Gasteiger partial charge in [-0.15, -0.1) is 0 Å². The molecule has 2 aliphatic heterocycles. The maximum atomic E-state index is 10.6. The van der Waals surface area contributed by atoms with Crippen molar-refractivity contribution in [3.8, 4) is 6.07 Å². The number of carboxylic acids is 2. The van der Waals surface area contributed by atoms with Crippen LogP contribution in [0.4, 0.5) is 32.0 Å². The van der Waals surface area contributed by atoms with Crippen LogP contribution in [0.25, 0.3) is 6.20 Å². The molecule has 0 fully saturated rings. The normalized spacial score (nSPS) is 13.5. The standard InChI is InChI=1S/C11H6N4.2C2HF3O2/c12-4-7-3-8-1-2-10-9(6-14-15-10)11(8)13-5-7;2*3-2(4,5)1(6)7/h1-2,5-6H,3H2;2*(H,6,7). The molecule has 154 valence electrons. The second kappa shape index (κ2) is 8.95. The van der Waals surface area contributed by atoms with Crippen molar-refractivity contribution in [2.75, 3.05) is 0 Å². The van der Waals surface area contributed by atoms with E-state index in [1.165, 1.54) is 0 Å². The van der Waals surface area contributed by atoms with Crippen LogP contribution in [-0.2, 0) is 16.0 Å². The van der Waals surface area contributed by atoms with Crippen molar-refractivity contribution < 1.29 is 46.1 Å². The van der Waals surface area contributed by atoms with E-state index in [9.17, 15) is 26.3 Å². The maximum Gasteiger partial charge on any atom is 0.490 e. The number of allylic oxidation sites excluding steroid dienone is 1. The number of halogens is 6. The highest BCUT2D eigenvalue weighted by atomic mass is 19.4. The van der Waals surface area contributed by atoms with E-state index in [0.717, 1.165) is 21.8 Å². The second-order valence-electron chi connectivity index (χ2n) is 5.03. The van der Waals surface area contributed by atoms with Gasteiger partial charge in [0.15, 0.2) is 0 Å². The number of hydrogen-bond donors (Lipinski definition) is 2. The summed E-state index contributed by atoms with van der Waals surface area (Å²) in [4.78, 5) is 22.1. The topological polar surface area (TPSA) is 135 Å². The van der Waals surface area contributed by atoms with E-state index in [-0.39, 0.29) is 0 Å². The molecule has 2 N–H and O–H groups in total. The number of rotatable bonds is 0. The van der Waals surface area contributed by atoms with Crippen molar-refractivity contribution in [2.45, 2.75) is 18.8 Å². The van der Waals surface area contributed by atoms with Crippen LogP contribution >= 0.6 is 0 Å². The van der Waals surface area contributed by atoms with Crippen LogP contribution in [-0.4, -0.2) is 34.5 Å². The molecule has 1 aromatic rings. The third kappa shape index (κ3) is 6.72. The predicted octanol–water partition coefficient (Wildman–Crippen LogP) is 2.37. The van der Waals surface area contributed by atoms with Crippen LogP contribution in [0.2, 0.25) is 0 Å². The van der Waals surface area contributed by atoms with E-state index in [2.05, 4.69) is 21.3 Å². The molecule has 8 nitrogen and oxygen atoms in total. The molecule has 0 aliphatic carbocycles. The van der Waals surface area contributed by atoms with E-state index in [0.29, 0.717) is 12.0 Å². The average molecular weight is 422 g/mol. The molecule has 0 saturated carbocycles. The summed E-state index contributed by atoms with van der Waals surface area (Å²) < 4.78 is 63.5. The Bertz CT molecular complexity index is 1010. The largest absolute Gasteiger partial charge is 0.490 e. The first-order chi connectivity index (χ1) is 13.3. The van der Waals surface area contributed by atoms with Gasteiger partial charge in [-0.1, -0.05) is 6.07 Å². The van der Waals surface area contributed by atoms with Crippen molar-refractivity contribution in [2.24, 2.45) is 15.2 Å². The molecule has 0 unspecified atom stereocenters. The van der Waals surface area contributed by atoms with E-state index in [1.807, 2.05) is 12.1 Å². The number of azo groups is 1. The zero-order valence-electron chi connectivity index (χ0n) is 13.8. The number of carbonyl (C=O) groups is 2. The van der Waals surface area contributed by atoms with Gasteiger partial charge in [-0.05, 0) is 11.6 Å². The molecule has 0 amide bonds. The van der Waals surface area contributed by atoms with Crippen LogP contribution < -0.4 is 10.6 Å². The summed E-state index contributed by atoms with van der Waals surface area (Å²) in [5.74, 6) is -5.51. The monoisotopic (exact) mass is 422 g/mol. The molecule has 2 heterocycles. The van der Waals surface area contributed by atoms with Gasteiger partial charge in [-0.3, -0.25) is 4.99 Å². The molecule has 0 aromatic heterocycles. The van der Waals surface area contributed by atoms with Gasteiger partial charge in [0.2, 0.25) is 0 Å². The van der Waals surface area contributed by atoms with Crippen LogP contribution in [0.5, 0.6) is 0 Å². The maximum absolute atomic E-state index is 10.6. The number of carboxylic acid groups (broad SMARTS) is 2. The average Bonchev–Trinajstić information content (AvgIpc) is 3.09. The number of hydrogen-bond acceptors (Lipinski definition) is 6.